The van der Waals surface area contributed by atoms with E-state index in [1.54, 1.807) is 6.92 Å². The zero-order chi connectivity index (χ0) is 14.5. The van der Waals surface area contributed by atoms with Crippen LogP contribution in [0.3, 0.4) is 0 Å². The molecule has 1 atom stereocenters. The molecule has 0 aromatic heterocycles. The Morgan fingerprint density at radius 3 is 2.80 bits per heavy atom. The predicted octanol–water partition coefficient (Wildman–Crippen LogP) is 2.46. The van der Waals surface area contributed by atoms with Crippen LogP contribution in [0, 0.1) is 5.82 Å². The highest BCUT2D eigenvalue weighted by molar-refractivity contribution is 5.82. The Labute approximate surface area is 117 Å². The SMILES string of the molecule is CC(Oc1ccc(F)cc1C=O)C(=O)NC1CCCC1. The van der Waals surface area contributed by atoms with E-state index < -0.39 is 11.9 Å². The van der Waals surface area contributed by atoms with Crippen molar-refractivity contribution >= 4 is 12.2 Å². The van der Waals surface area contributed by atoms with Gasteiger partial charge in [0.2, 0.25) is 0 Å². The molecule has 1 fully saturated rings. The van der Waals surface area contributed by atoms with Crippen molar-refractivity contribution in [3.8, 4) is 5.75 Å². The average molecular weight is 279 g/mol. The lowest BCUT2D eigenvalue weighted by Crippen LogP contribution is -2.41. The maximum absolute atomic E-state index is 13.0. The molecule has 1 aromatic rings. The number of hydrogen-bond donors (Lipinski definition) is 1. The van der Waals surface area contributed by atoms with Crippen LogP contribution in [0.5, 0.6) is 5.75 Å². The molecular weight excluding hydrogens is 261 g/mol. The molecule has 0 spiro atoms. The van der Waals surface area contributed by atoms with Gasteiger partial charge < -0.3 is 10.1 Å². The van der Waals surface area contributed by atoms with Crippen LogP contribution in [0.2, 0.25) is 0 Å². The fourth-order valence-electron chi connectivity index (χ4n) is 2.35. The Bertz CT molecular complexity index is 498. The summed E-state index contributed by atoms with van der Waals surface area (Å²) in [4.78, 5) is 22.8. The summed E-state index contributed by atoms with van der Waals surface area (Å²) < 4.78 is 18.5. The molecule has 4 nitrogen and oxygen atoms in total. The number of benzene rings is 1. The second-order valence-electron chi connectivity index (χ2n) is 5.05. The summed E-state index contributed by atoms with van der Waals surface area (Å²) in [5.74, 6) is -0.504. The summed E-state index contributed by atoms with van der Waals surface area (Å²) in [6, 6.07) is 3.86. The second-order valence-corrected chi connectivity index (χ2v) is 5.05. The van der Waals surface area contributed by atoms with Crippen molar-refractivity contribution < 1.29 is 18.7 Å². The molecule has 1 unspecified atom stereocenters. The van der Waals surface area contributed by atoms with Gasteiger partial charge in [-0.1, -0.05) is 12.8 Å². The van der Waals surface area contributed by atoms with Crippen LogP contribution in [-0.2, 0) is 4.79 Å². The molecule has 1 saturated carbocycles. The van der Waals surface area contributed by atoms with E-state index in [0.29, 0.717) is 6.29 Å². The van der Waals surface area contributed by atoms with Gasteiger partial charge >= 0.3 is 0 Å². The van der Waals surface area contributed by atoms with E-state index in [-0.39, 0.29) is 23.3 Å². The van der Waals surface area contributed by atoms with Gasteiger partial charge in [0, 0.05) is 6.04 Å². The maximum Gasteiger partial charge on any atom is 0.260 e. The fourth-order valence-corrected chi connectivity index (χ4v) is 2.35. The summed E-state index contributed by atoms with van der Waals surface area (Å²) in [5.41, 5.74) is 0.102. The first-order valence-corrected chi connectivity index (χ1v) is 6.82. The van der Waals surface area contributed by atoms with Gasteiger partial charge in [-0.3, -0.25) is 9.59 Å². The molecule has 2 rings (SSSR count). The van der Waals surface area contributed by atoms with E-state index in [9.17, 15) is 14.0 Å². The van der Waals surface area contributed by atoms with Crippen LogP contribution in [0.4, 0.5) is 4.39 Å². The van der Waals surface area contributed by atoms with Crippen molar-refractivity contribution in [2.75, 3.05) is 0 Å². The van der Waals surface area contributed by atoms with Gasteiger partial charge in [-0.05, 0) is 38.0 Å². The molecule has 1 aliphatic rings. The summed E-state index contributed by atoms with van der Waals surface area (Å²) in [5, 5.41) is 2.92. The quantitative estimate of drug-likeness (QED) is 0.842. The van der Waals surface area contributed by atoms with E-state index in [4.69, 9.17) is 4.74 Å². The average Bonchev–Trinajstić information content (AvgIpc) is 2.93. The van der Waals surface area contributed by atoms with Gasteiger partial charge in [-0.25, -0.2) is 4.39 Å². The zero-order valence-electron chi connectivity index (χ0n) is 11.4. The standard InChI is InChI=1S/C15H18FNO3/c1-10(15(19)17-13-4-2-3-5-13)20-14-7-6-12(16)8-11(14)9-18/h6-10,13H,2-5H2,1H3,(H,17,19). The van der Waals surface area contributed by atoms with Gasteiger partial charge in [0.15, 0.2) is 12.4 Å². The molecule has 1 amide bonds. The lowest BCUT2D eigenvalue weighted by Gasteiger charge is -2.18. The molecule has 1 aromatic carbocycles. The lowest BCUT2D eigenvalue weighted by atomic mass is 10.2. The molecule has 20 heavy (non-hydrogen) atoms. The third kappa shape index (κ3) is 3.56. The molecule has 5 heteroatoms. The third-order valence-corrected chi connectivity index (χ3v) is 3.47. The van der Waals surface area contributed by atoms with E-state index in [2.05, 4.69) is 5.32 Å². The molecule has 0 aliphatic heterocycles. The zero-order valence-corrected chi connectivity index (χ0v) is 11.4. The highest BCUT2D eigenvalue weighted by Gasteiger charge is 2.22. The lowest BCUT2D eigenvalue weighted by molar-refractivity contribution is -0.127. The summed E-state index contributed by atoms with van der Waals surface area (Å²) in [6.07, 6.45) is 4.05. The Morgan fingerprint density at radius 2 is 2.15 bits per heavy atom. The van der Waals surface area contributed by atoms with Crippen molar-refractivity contribution in [2.45, 2.75) is 44.8 Å². The Hall–Kier alpha value is -1.91. The van der Waals surface area contributed by atoms with Crippen LogP contribution in [0.1, 0.15) is 43.0 Å². The molecule has 0 heterocycles. The van der Waals surface area contributed by atoms with E-state index in [1.165, 1.54) is 12.1 Å². The molecule has 0 bridgehead atoms. The third-order valence-electron chi connectivity index (χ3n) is 3.47. The number of rotatable bonds is 5. The minimum atomic E-state index is -0.722. The number of nitrogens with one attached hydrogen (secondary N) is 1. The monoisotopic (exact) mass is 279 g/mol. The van der Waals surface area contributed by atoms with Gasteiger partial charge in [0.05, 0.1) is 5.56 Å². The highest BCUT2D eigenvalue weighted by Crippen LogP contribution is 2.20. The van der Waals surface area contributed by atoms with Gasteiger partial charge in [-0.2, -0.15) is 0 Å². The summed E-state index contributed by atoms with van der Waals surface area (Å²) in [7, 11) is 0. The van der Waals surface area contributed by atoms with Crippen molar-refractivity contribution in [2.24, 2.45) is 0 Å². The highest BCUT2D eigenvalue weighted by atomic mass is 19.1. The second kappa shape index (κ2) is 6.50. The number of carbonyl (C=O) groups excluding carboxylic acids is 2. The minimum absolute atomic E-state index is 0.102. The topological polar surface area (TPSA) is 55.4 Å². The number of aldehydes is 1. The largest absolute Gasteiger partial charge is 0.480 e. The number of halogens is 1. The first-order valence-electron chi connectivity index (χ1n) is 6.82. The molecule has 0 radical (unpaired) electrons. The molecule has 1 N–H and O–H groups in total. The number of hydrogen-bond acceptors (Lipinski definition) is 3. The van der Waals surface area contributed by atoms with Crippen LogP contribution in [-0.4, -0.2) is 24.3 Å². The van der Waals surface area contributed by atoms with Gasteiger partial charge in [0.1, 0.15) is 11.6 Å². The van der Waals surface area contributed by atoms with Crippen molar-refractivity contribution in [1.29, 1.82) is 0 Å². The van der Waals surface area contributed by atoms with Gasteiger partial charge in [-0.15, -0.1) is 0 Å². The summed E-state index contributed by atoms with van der Waals surface area (Å²) >= 11 is 0. The van der Waals surface area contributed by atoms with Gasteiger partial charge in [0.25, 0.3) is 5.91 Å². The van der Waals surface area contributed by atoms with E-state index in [0.717, 1.165) is 31.7 Å². The fraction of sp³-hybridized carbons (Fsp3) is 0.467. The first-order chi connectivity index (χ1) is 9.60. The number of ether oxygens (including phenoxy) is 1. The molecule has 1 aliphatic carbocycles. The van der Waals surface area contributed by atoms with Crippen molar-refractivity contribution in [3.05, 3.63) is 29.6 Å². The van der Waals surface area contributed by atoms with Crippen molar-refractivity contribution in [1.82, 2.24) is 5.32 Å². The molecule has 108 valence electrons. The number of carbonyl (C=O) groups is 2. The van der Waals surface area contributed by atoms with E-state index >= 15 is 0 Å². The molecular formula is C15H18FNO3. The van der Waals surface area contributed by atoms with Crippen LogP contribution in [0.15, 0.2) is 18.2 Å². The Balaban J connectivity index is 1.97. The van der Waals surface area contributed by atoms with Crippen LogP contribution in [0.25, 0.3) is 0 Å². The van der Waals surface area contributed by atoms with Crippen molar-refractivity contribution in [3.63, 3.8) is 0 Å². The Morgan fingerprint density at radius 1 is 1.45 bits per heavy atom. The molecule has 0 saturated heterocycles. The minimum Gasteiger partial charge on any atom is -0.480 e. The van der Waals surface area contributed by atoms with Crippen LogP contribution < -0.4 is 10.1 Å². The smallest absolute Gasteiger partial charge is 0.260 e. The normalized spacial score (nSPS) is 16.7. The maximum atomic E-state index is 13.0. The predicted molar refractivity (Wildman–Crippen MR) is 72.3 cm³/mol. The number of amides is 1. The first kappa shape index (κ1) is 14.5. The van der Waals surface area contributed by atoms with E-state index in [1.807, 2.05) is 0 Å². The summed E-state index contributed by atoms with van der Waals surface area (Å²) in [6.45, 7) is 1.61. The Kier molecular flexibility index (Phi) is 4.71. The van der Waals surface area contributed by atoms with Crippen LogP contribution >= 0.6 is 0 Å².